The molecule has 1 unspecified atom stereocenters. The van der Waals surface area contributed by atoms with Gasteiger partial charge in [0.2, 0.25) is 0 Å². The lowest BCUT2D eigenvalue weighted by Gasteiger charge is -2.19. The Morgan fingerprint density at radius 1 is 1.15 bits per heavy atom. The maximum atomic E-state index is 13.2. The third-order valence-corrected chi connectivity index (χ3v) is 4.39. The number of fused-ring (bicyclic) bond motifs is 1. The molecule has 4 rings (SSSR count). The van der Waals surface area contributed by atoms with Crippen molar-refractivity contribution in [2.75, 3.05) is 5.32 Å². The molecule has 0 spiro atoms. The van der Waals surface area contributed by atoms with Crippen LogP contribution in [-0.4, -0.2) is 24.6 Å². The fourth-order valence-electron chi connectivity index (χ4n) is 3.08. The summed E-state index contributed by atoms with van der Waals surface area (Å²) < 4.78 is 15.0. The summed E-state index contributed by atoms with van der Waals surface area (Å²) in [5.74, 6) is 0.469. The van der Waals surface area contributed by atoms with Crippen LogP contribution < -0.4 is 5.32 Å². The van der Waals surface area contributed by atoms with Gasteiger partial charge in [-0.25, -0.2) is 23.9 Å². The first-order valence-electron chi connectivity index (χ1n) is 8.87. The molecule has 6 nitrogen and oxygen atoms in total. The van der Waals surface area contributed by atoms with E-state index in [0.29, 0.717) is 5.82 Å². The highest BCUT2D eigenvalue weighted by Crippen LogP contribution is 2.26. The zero-order valence-corrected chi connectivity index (χ0v) is 14.9. The average Bonchev–Trinajstić information content (AvgIpc) is 3.13. The Balaban J connectivity index is 1.64. The van der Waals surface area contributed by atoms with Crippen LogP contribution in [0.2, 0.25) is 0 Å². The second-order valence-electron chi connectivity index (χ2n) is 6.27. The van der Waals surface area contributed by atoms with Crippen LogP contribution in [0.4, 0.5) is 10.2 Å². The molecular formula is C20H19FN6. The standard InChI is InChI=1S/C20H19FN6/c1-2-4-17(14-5-7-15(21)8-6-14)26-19-11-18(23-13-24-19)16-12-25-27-10-3-9-22-20(16)27/h3,5-13,17H,2,4H2,1H3,(H,23,24,26). The molecule has 4 aromatic rings. The summed E-state index contributed by atoms with van der Waals surface area (Å²) in [5.41, 5.74) is 3.35. The molecule has 3 heterocycles. The van der Waals surface area contributed by atoms with E-state index in [2.05, 4.69) is 32.3 Å². The van der Waals surface area contributed by atoms with Gasteiger partial charge in [0, 0.05) is 18.5 Å². The van der Waals surface area contributed by atoms with Gasteiger partial charge in [0.25, 0.3) is 0 Å². The average molecular weight is 362 g/mol. The summed E-state index contributed by atoms with van der Waals surface area (Å²) in [4.78, 5) is 13.1. The van der Waals surface area contributed by atoms with E-state index in [1.54, 1.807) is 29.0 Å². The first kappa shape index (κ1) is 17.1. The molecule has 136 valence electrons. The van der Waals surface area contributed by atoms with Gasteiger partial charge in [-0.2, -0.15) is 5.10 Å². The van der Waals surface area contributed by atoms with E-state index in [0.717, 1.165) is 35.3 Å². The Labute approximate surface area is 156 Å². The van der Waals surface area contributed by atoms with Crippen LogP contribution in [0.25, 0.3) is 16.9 Å². The molecule has 0 aliphatic heterocycles. The molecule has 1 atom stereocenters. The van der Waals surface area contributed by atoms with Crippen molar-refractivity contribution >= 4 is 11.5 Å². The van der Waals surface area contributed by atoms with Gasteiger partial charge in [0.1, 0.15) is 18.0 Å². The van der Waals surface area contributed by atoms with Crippen LogP contribution in [0, 0.1) is 5.82 Å². The van der Waals surface area contributed by atoms with Crippen molar-refractivity contribution in [3.05, 3.63) is 72.7 Å². The first-order valence-corrected chi connectivity index (χ1v) is 8.87. The van der Waals surface area contributed by atoms with Crippen LogP contribution in [0.3, 0.4) is 0 Å². The number of aromatic nitrogens is 5. The number of nitrogens with one attached hydrogen (secondary N) is 1. The van der Waals surface area contributed by atoms with Crippen LogP contribution in [-0.2, 0) is 0 Å². The molecule has 0 saturated carbocycles. The minimum atomic E-state index is -0.237. The van der Waals surface area contributed by atoms with Gasteiger partial charge in [-0.1, -0.05) is 25.5 Å². The monoisotopic (exact) mass is 362 g/mol. The van der Waals surface area contributed by atoms with Gasteiger partial charge in [0.15, 0.2) is 5.65 Å². The highest BCUT2D eigenvalue weighted by Gasteiger charge is 2.14. The third kappa shape index (κ3) is 3.62. The molecule has 0 radical (unpaired) electrons. The summed E-state index contributed by atoms with van der Waals surface area (Å²) in [5, 5.41) is 7.75. The minimum Gasteiger partial charge on any atom is -0.363 e. The molecule has 0 bridgehead atoms. The van der Waals surface area contributed by atoms with Gasteiger partial charge in [-0.3, -0.25) is 0 Å². The van der Waals surface area contributed by atoms with Crippen molar-refractivity contribution in [2.45, 2.75) is 25.8 Å². The van der Waals surface area contributed by atoms with Crippen molar-refractivity contribution in [3.8, 4) is 11.3 Å². The Hall–Kier alpha value is -3.35. The molecule has 0 amide bonds. The highest BCUT2D eigenvalue weighted by atomic mass is 19.1. The van der Waals surface area contributed by atoms with E-state index in [4.69, 9.17) is 0 Å². The molecule has 27 heavy (non-hydrogen) atoms. The van der Waals surface area contributed by atoms with Gasteiger partial charge in [-0.15, -0.1) is 0 Å². The summed E-state index contributed by atoms with van der Waals surface area (Å²) in [7, 11) is 0. The maximum absolute atomic E-state index is 13.2. The van der Waals surface area contributed by atoms with Gasteiger partial charge in [-0.05, 0) is 30.2 Å². The molecule has 0 fully saturated rings. The highest BCUT2D eigenvalue weighted by molar-refractivity contribution is 5.75. The molecule has 7 heteroatoms. The van der Waals surface area contributed by atoms with E-state index >= 15 is 0 Å². The quantitative estimate of drug-likeness (QED) is 0.554. The third-order valence-electron chi connectivity index (χ3n) is 4.39. The number of anilines is 1. The number of hydrogen-bond acceptors (Lipinski definition) is 5. The number of nitrogens with zero attached hydrogens (tertiary/aromatic N) is 5. The molecule has 0 saturated heterocycles. The van der Waals surface area contributed by atoms with Crippen LogP contribution in [0.15, 0.2) is 61.3 Å². The smallest absolute Gasteiger partial charge is 0.164 e. The van der Waals surface area contributed by atoms with Crippen molar-refractivity contribution in [3.63, 3.8) is 0 Å². The molecule has 3 aromatic heterocycles. The summed E-state index contributed by atoms with van der Waals surface area (Å²) in [6.45, 7) is 2.12. The molecule has 1 aromatic carbocycles. The Morgan fingerprint density at radius 3 is 2.81 bits per heavy atom. The molecule has 0 aliphatic carbocycles. The number of benzene rings is 1. The predicted octanol–water partition coefficient (Wildman–Crippen LogP) is 4.28. The summed E-state index contributed by atoms with van der Waals surface area (Å²) in [6, 6.07) is 10.3. The largest absolute Gasteiger partial charge is 0.363 e. The zero-order chi connectivity index (χ0) is 18.6. The lowest BCUT2D eigenvalue weighted by molar-refractivity contribution is 0.623. The molecular weight excluding hydrogens is 343 g/mol. The summed E-state index contributed by atoms with van der Waals surface area (Å²) in [6.07, 6.45) is 8.74. The van der Waals surface area contributed by atoms with Crippen LogP contribution >= 0.6 is 0 Å². The van der Waals surface area contributed by atoms with E-state index in [-0.39, 0.29) is 11.9 Å². The van der Waals surface area contributed by atoms with Crippen LogP contribution in [0.1, 0.15) is 31.4 Å². The van der Waals surface area contributed by atoms with Gasteiger partial charge in [0.05, 0.1) is 23.5 Å². The lowest BCUT2D eigenvalue weighted by Crippen LogP contribution is -2.12. The Bertz CT molecular complexity index is 1040. The number of halogens is 1. The Kier molecular flexibility index (Phi) is 4.74. The topological polar surface area (TPSA) is 68.0 Å². The van der Waals surface area contributed by atoms with E-state index < -0.39 is 0 Å². The normalized spacial score (nSPS) is 12.2. The second-order valence-corrected chi connectivity index (χ2v) is 6.27. The maximum Gasteiger partial charge on any atom is 0.164 e. The van der Waals surface area contributed by atoms with Crippen molar-refractivity contribution in [1.29, 1.82) is 0 Å². The van der Waals surface area contributed by atoms with Crippen molar-refractivity contribution in [1.82, 2.24) is 24.6 Å². The Morgan fingerprint density at radius 2 is 2.00 bits per heavy atom. The SMILES string of the molecule is CCCC(Nc1cc(-c2cnn3cccnc23)ncn1)c1ccc(F)cc1. The minimum absolute atomic E-state index is 0.0420. The first-order chi connectivity index (χ1) is 13.2. The fraction of sp³-hybridized carbons (Fsp3) is 0.200. The van der Waals surface area contributed by atoms with E-state index in [1.807, 2.05) is 18.3 Å². The predicted molar refractivity (Wildman–Crippen MR) is 102 cm³/mol. The van der Waals surface area contributed by atoms with E-state index in [1.165, 1.54) is 18.5 Å². The van der Waals surface area contributed by atoms with Gasteiger partial charge >= 0.3 is 0 Å². The van der Waals surface area contributed by atoms with Crippen LogP contribution in [0.5, 0.6) is 0 Å². The van der Waals surface area contributed by atoms with Gasteiger partial charge < -0.3 is 5.32 Å². The van der Waals surface area contributed by atoms with Crippen molar-refractivity contribution < 1.29 is 4.39 Å². The zero-order valence-electron chi connectivity index (χ0n) is 14.9. The lowest BCUT2D eigenvalue weighted by atomic mass is 10.0. The number of rotatable bonds is 6. The summed E-state index contributed by atoms with van der Waals surface area (Å²) >= 11 is 0. The fourth-order valence-corrected chi connectivity index (χ4v) is 3.08. The van der Waals surface area contributed by atoms with E-state index in [9.17, 15) is 4.39 Å². The van der Waals surface area contributed by atoms with Crippen molar-refractivity contribution in [2.24, 2.45) is 0 Å². The second kappa shape index (κ2) is 7.49. The molecule has 0 aliphatic rings. The number of hydrogen-bond donors (Lipinski definition) is 1. The molecule has 1 N–H and O–H groups in total.